The molecular formula is C15H23NO2S. The van der Waals surface area contributed by atoms with Crippen LogP contribution in [0.2, 0.25) is 0 Å². The van der Waals surface area contributed by atoms with E-state index in [1.807, 2.05) is 31.7 Å². The van der Waals surface area contributed by atoms with Crippen LogP contribution in [0.25, 0.3) is 0 Å². The lowest BCUT2D eigenvalue weighted by atomic mass is 10.1. The summed E-state index contributed by atoms with van der Waals surface area (Å²) < 4.78 is 5.74. The molecule has 0 radical (unpaired) electrons. The van der Waals surface area contributed by atoms with Crippen LogP contribution in [-0.2, 0) is 0 Å². The zero-order chi connectivity index (χ0) is 13.7. The van der Waals surface area contributed by atoms with Gasteiger partial charge in [0.15, 0.2) is 0 Å². The lowest BCUT2D eigenvalue weighted by Crippen LogP contribution is -2.40. The van der Waals surface area contributed by atoms with Crippen molar-refractivity contribution in [1.82, 2.24) is 4.90 Å². The van der Waals surface area contributed by atoms with Gasteiger partial charge < -0.3 is 9.84 Å². The van der Waals surface area contributed by atoms with Gasteiger partial charge in [0.05, 0.1) is 0 Å². The van der Waals surface area contributed by atoms with E-state index in [4.69, 9.17) is 4.74 Å². The minimum atomic E-state index is -0.414. The standard InChI is InChI=1S/C15H23NO2S/c1-12-3-4-13(2)15(9-12)18-11-14(17)10-16-5-7-19-8-6-16/h3-4,9,14,17H,5-8,10-11H2,1-2H3. The molecule has 1 aliphatic rings. The van der Waals surface area contributed by atoms with Crippen molar-refractivity contribution in [2.24, 2.45) is 0 Å². The molecule has 4 heteroatoms. The molecule has 1 N–H and O–H groups in total. The highest BCUT2D eigenvalue weighted by molar-refractivity contribution is 7.99. The van der Waals surface area contributed by atoms with Crippen molar-refractivity contribution in [2.75, 3.05) is 37.7 Å². The summed E-state index contributed by atoms with van der Waals surface area (Å²) in [6.07, 6.45) is -0.414. The van der Waals surface area contributed by atoms with E-state index in [1.54, 1.807) is 0 Å². The summed E-state index contributed by atoms with van der Waals surface area (Å²) in [7, 11) is 0. The smallest absolute Gasteiger partial charge is 0.122 e. The largest absolute Gasteiger partial charge is 0.491 e. The average Bonchev–Trinajstić information content (AvgIpc) is 2.41. The Bertz CT molecular complexity index is 405. The lowest BCUT2D eigenvalue weighted by molar-refractivity contribution is 0.0713. The summed E-state index contributed by atoms with van der Waals surface area (Å²) in [5.74, 6) is 3.23. The van der Waals surface area contributed by atoms with Crippen molar-refractivity contribution in [3.8, 4) is 5.75 Å². The Morgan fingerprint density at radius 2 is 2.05 bits per heavy atom. The summed E-state index contributed by atoms with van der Waals surface area (Å²) in [5, 5.41) is 10.0. The summed E-state index contributed by atoms with van der Waals surface area (Å²) >= 11 is 1.98. The SMILES string of the molecule is Cc1ccc(C)c(OCC(O)CN2CCSCC2)c1. The molecule has 1 unspecified atom stereocenters. The lowest BCUT2D eigenvalue weighted by Gasteiger charge is -2.28. The van der Waals surface area contributed by atoms with Crippen molar-refractivity contribution in [3.05, 3.63) is 29.3 Å². The van der Waals surface area contributed by atoms with Gasteiger partial charge in [0.2, 0.25) is 0 Å². The van der Waals surface area contributed by atoms with Crippen LogP contribution in [0.5, 0.6) is 5.75 Å². The Kier molecular flexibility index (Phi) is 5.55. The third-order valence-electron chi connectivity index (χ3n) is 3.35. The average molecular weight is 281 g/mol. The van der Waals surface area contributed by atoms with Gasteiger partial charge in [-0.2, -0.15) is 11.8 Å². The monoisotopic (exact) mass is 281 g/mol. The molecule has 1 atom stereocenters. The molecule has 2 rings (SSSR count). The molecule has 19 heavy (non-hydrogen) atoms. The van der Waals surface area contributed by atoms with E-state index in [1.165, 1.54) is 17.1 Å². The van der Waals surface area contributed by atoms with E-state index in [9.17, 15) is 5.11 Å². The predicted molar refractivity (Wildman–Crippen MR) is 81.2 cm³/mol. The molecule has 0 spiro atoms. The second-order valence-electron chi connectivity index (χ2n) is 5.15. The van der Waals surface area contributed by atoms with Gasteiger partial charge in [0.25, 0.3) is 0 Å². The number of rotatable bonds is 5. The zero-order valence-corrected chi connectivity index (χ0v) is 12.6. The summed E-state index contributed by atoms with van der Waals surface area (Å²) in [6.45, 7) is 7.31. The van der Waals surface area contributed by atoms with Crippen molar-refractivity contribution in [3.63, 3.8) is 0 Å². The Morgan fingerprint density at radius 3 is 2.79 bits per heavy atom. The zero-order valence-electron chi connectivity index (χ0n) is 11.8. The highest BCUT2D eigenvalue weighted by atomic mass is 32.2. The fraction of sp³-hybridized carbons (Fsp3) is 0.600. The maximum Gasteiger partial charge on any atom is 0.122 e. The number of aryl methyl sites for hydroxylation is 2. The predicted octanol–water partition coefficient (Wildman–Crippen LogP) is 2.09. The van der Waals surface area contributed by atoms with Gasteiger partial charge in [-0.1, -0.05) is 12.1 Å². The van der Waals surface area contributed by atoms with Gasteiger partial charge in [-0.05, 0) is 31.0 Å². The molecule has 106 valence electrons. The second kappa shape index (κ2) is 7.17. The molecule has 1 heterocycles. The van der Waals surface area contributed by atoms with Crippen LogP contribution in [0.15, 0.2) is 18.2 Å². The van der Waals surface area contributed by atoms with E-state index < -0.39 is 6.10 Å². The third-order valence-corrected chi connectivity index (χ3v) is 4.29. The number of ether oxygens (including phenoxy) is 1. The molecular weight excluding hydrogens is 258 g/mol. The topological polar surface area (TPSA) is 32.7 Å². The first-order chi connectivity index (χ1) is 9.15. The summed E-state index contributed by atoms with van der Waals surface area (Å²) in [6, 6.07) is 6.16. The molecule has 3 nitrogen and oxygen atoms in total. The first-order valence-electron chi connectivity index (χ1n) is 6.83. The van der Waals surface area contributed by atoms with E-state index in [-0.39, 0.29) is 0 Å². The highest BCUT2D eigenvalue weighted by Crippen LogP contribution is 2.19. The molecule has 1 aliphatic heterocycles. The number of aliphatic hydroxyl groups is 1. The van der Waals surface area contributed by atoms with Gasteiger partial charge >= 0.3 is 0 Å². The Balaban J connectivity index is 1.79. The van der Waals surface area contributed by atoms with Crippen molar-refractivity contribution >= 4 is 11.8 Å². The van der Waals surface area contributed by atoms with E-state index in [0.717, 1.165) is 24.4 Å². The summed E-state index contributed by atoms with van der Waals surface area (Å²) in [5.41, 5.74) is 2.30. The number of thioether (sulfide) groups is 1. The first kappa shape index (κ1) is 14.7. The third kappa shape index (κ3) is 4.71. The molecule has 0 amide bonds. The van der Waals surface area contributed by atoms with Gasteiger partial charge in [0, 0.05) is 31.1 Å². The quantitative estimate of drug-likeness (QED) is 0.896. The molecule has 0 bridgehead atoms. The number of nitrogens with zero attached hydrogens (tertiary/aromatic N) is 1. The Morgan fingerprint density at radius 1 is 1.32 bits per heavy atom. The van der Waals surface area contributed by atoms with Gasteiger partial charge in [-0.3, -0.25) is 4.90 Å². The van der Waals surface area contributed by atoms with Crippen molar-refractivity contribution in [2.45, 2.75) is 20.0 Å². The number of β-amino-alcohol motifs (C(OH)–C–C–N with tert-alkyl or cyclic N) is 1. The van der Waals surface area contributed by atoms with Crippen LogP contribution >= 0.6 is 11.8 Å². The van der Waals surface area contributed by atoms with Gasteiger partial charge in [-0.15, -0.1) is 0 Å². The minimum absolute atomic E-state index is 0.369. The fourth-order valence-electron chi connectivity index (χ4n) is 2.18. The number of aliphatic hydroxyl groups excluding tert-OH is 1. The van der Waals surface area contributed by atoms with Crippen LogP contribution in [0.4, 0.5) is 0 Å². The molecule has 1 saturated heterocycles. The number of hydrogen-bond acceptors (Lipinski definition) is 4. The minimum Gasteiger partial charge on any atom is -0.491 e. The number of hydrogen-bond donors (Lipinski definition) is 1. The van der Waals surface area contributed by atoms with E-state index in [2.05, 4.69) is 17.0 Å². The van der Waals surface area contributed by atoms with Crippen molar-refractivity contribution < 1.29 is 9.84 Å². The Hall–Kier alpha value is -0.710. The molecule has 1 fully saturated rings. The summed E-state index contributed by atoms with van der Waals surface area (Å²) in [4.78, 5) is 2.31. The second-order valence-corrected chi connectivity index (χ2v) is 6.37. The highest BCUT2D eigenvalue weighted by Gasteiger charge is 2.15. The molecule has 0 aliphatic carbocycles. The van der Waals surface area contributed by atoms with Crippen LogP contribution < -0.4 is 4.74 Å². The first-order valence-corrected chi connectivity index (χ1v) is 7.99. The molecule has 1 aromatic carbocycles. The van der Waals surface area contributed by atoms with Gasteiger partial charge in [-0.25, -0.2) is 0 Å². The van der Waals surface area contributed by atoms with Crippen LogP contribution in [0.3, 0.4) is 0 Å². The normalized spacial score (nSPS) is 18.3. The fourth-order valence-corrected chi connectivity index (χ4v) is 3.16. The van der Waals surface area contributed by atoms with Crippen molar-refractivity contribution in [1.29, 1.82) is 0 Å². The Labute approximate surface area is 120 Å². The molecule has 0 aromatic heterocycles. The van der Waals surface area contributed by atoms with Gasteiger partial charge in [0.1, 0.15) is 18.5 Å². The van der Waals surface area contributed by atoms with Crippen LogP contribution in [-0.4, -0.2) is 53.9 Å². The molecule has 1 aromatic rings. The van der Waals surface area contributed by atoms with E-state index >= 15 is 0 Å². The maximum absolute atomic E-state index is 10.0. The maximum atomic E-state index is 10.0. The van der Waals surface area contributed by atoms with Crippen LogP contribution in [0.1, 0.15) is 11.1 Å². The van der Waals surface area contributed by atoms with Crippen LogP contribution in [0, 0.1) is 13.8 Å². The number of benzene rings is 1. The molecule has 0 saturated carbocycles. The van der Waals surface area contributed by atoms with E-state index in [0.29, 0.717) is 13.2 Å².